The van der Waals surface area contributed by atoms with E-state index in [1.165, 1.54) is 18.4 Å². The molecule has 1 aromatic rings. The fourth-order valence-electron chi connectivity index (χ4n) is 8.42. The van der Waals surface area contributed by atoms with Gasteiger partial charge in [0.1, 0.15) is 11.9 Å². The van der Waals surface area contributed by atoms with Gasteiger partial charge in [0.2, 0.25) is 0 Å². The zero-order chi connectivity index (χ0) is 26.3. The van der Waals surface area contributed by atoms with Gasteiger partial charge >= 0.3 is 5.97 Å². The molecule has 204 valence electrons. The highest BCUT2D eigenvalue weighted by molar-refractivity contribution is 5.66. The normalized spacial score (nSPS) is 39.1. The lowest BCUT2D eigenvalue weighted by molar-refractivity contribution is -0.251. The molecular weight excluding hydrogens is 464 g/mol. The van der Waals surface area contributed by atoms with Crippen molar-refractivity contribution in [3.05, 3.63) is 35.9 Å². The van der Waals surface area contributed by atoms with E-state index >= 15 is 0 Å². The molecule has 1 aromatic carbocycles. The van der Waals surface area contributed by atoms with Crippen molar-refractivity contribution in [1.82, 2.24) is 0 Å². The standard InChI is InChI=1S/C32H46O5/c1-6-34-26-11-8-24(9-12-26)7-10-25-21-22(2)13-16-30(25,4)27-14-17-31(5)28(29(27)37-23(3)33)15-18-32(31)35-19-20-36-32/h7-12,22,25,27-29H,6,13-21H2,1-5H3/b10-7+/t22-,25-,27?,28?,29?,30-,31-/m0/s1. The van der Waals surface area contributed by atoms with E-state index in [9.17, 15) is 4.79 Å². The van der Waals surface area contributed by atoms with Crippen LogP contribution in [0.25, 0.3) is 6.08 Å². The second kappa shape index (κ2) is 10.4. The molecule has 0 N–H and O–H groups in total. The Balaban J connectivity index is 1.43. The molecule has 5 rings (SSSR count). The molecule has 37 heavy (non-hydrogen) atoms. The Morgan fingerprint density at radius 1 is 1.03 bits per heavy atom. The number of allylic oxidation sites excluding steroid dienone is 1. The Hall–Kier alpha value is -1.85. The molecule has 0 radical (unpaired) electrons. The van der Waals surface area contributed by atoms with Crippen LogP contribution in [-0.2, 0) is 19.0 Å². The molecule has 1 spiro atoms. The molecule has 3 saturated carbocycles. The maximum atomic E-state index is 12.5. The van der Waals surface area contributed by atoms with Crippen molar-refractivity contribution in [2.45, 2.75) is 91.5 Å². The van der Waals surface area contributed by atoms with E-state index < -0.39 is 5.79 Å². The molecule has 3 aliphatic carbocycles. The number of rotatable bonds is 6. The van der Waals surface area contributed by atoms with Crippen molar-refractivity contribution < 1.29 is 23.7 Å². The van der Waals surface area contributed by atoms with Crippen LogP contribution in [0.1, 0.15) is 85.1 Å². The summed E-state index contributed by atoms with van der Waals surface area (Å²) in [4.78, 5) is 12.5. The average molecular weight is 511 g/mol. The van der Waals surface area contributed by atoms with Crippen LogP contribution in [0.15, 0.2) is 30.3 Å². The molecule has 0 bridgehead atoms. The van der Waals surface area contributed by atoms with Gasteiger partial charge in [-0.15, -0.1) is 0 Å². The molecule has 5 nitrogen and oxygen atoms in total. The molecule has 1 saturated heterocycles. The van der Waals surface area contributed by atoms with Crippen LogP contribution >= 0.6 is 0 Å². The highest BCUT2D eigenvalue weighted by atomic mass is 16.7. The molecule has 1 heterocycles. The van der Waals surface area contributed by atoms with Gasteiger partial charge in [-0.3, -0.25) is 4.79 Å². The van der Waals surface area contributed by atoms with E-state index in [0.717, 1.165) is 37.9 Å². The first-order valence-electron chi connectivity index (χ1n) is 14.6. The number of hydrogen-bond acceptors (Lipinski definition) is 5. The third kappa shape index (κ3) is 4.76. The number of fused-ring (bicyclic) bond motifs is 2. The first-order chi connectivity index (χ1) is 17.7. The maximum Gasteiger partial charge on any atom is 0.302 e. The van der Waals surface area contributed by atoms with Crippen LogP contribution in [0.3, 0.4) is 0 Å². The van der Waals surface area contributed by atoms with Gasteiger partial charge in [0.05, 0.1) is 19.8 Å². The van der Waals surface area contributed by atoms with Crippen molar-refractivity contribution in [3.8, 4) is 5.75 Å². The number of hydrogen-bond donors (Lipinski definition) is 0. The second-order valence-corrected chi connectivity index (χ2v) is 12.6. The lowest BCUT2D eigenvalue weighted by Crippen LogP contribution is -2.57. The van der Waals surface area contributed by atoms with Crippen molar-refractivity contribution in [1.29, 1.82) is 0 Å². The van der Waals surface area contributed by atoms with Gasteiger partial charge in [-0.05, 0) is 74.0 Å². The summed E-state index contributed by atoms with van der Waals surface area (Å²) in [6.45, 7) is 12.8. The lowest BCUT2D eigenvalue weighted by Gasteiger charge is -2.57. The Kier molecular flexibility index (Phi) is 7.50. The van der Waals surface area contributed by atoms with E-state index in [2.05, 4.69) is 45.1 Å². The van der Waals surface area contributed by atoms with Crippen molar-refractivity contribution >= 4 is 12.0 Å². The van der Waals surface area contributed by atoms with Gasteiger partial charge in [0.15, 0.2) is 5.79 Å². The summed E-state index contributed by atoms with van der Waals surface area (Å²) < 4.78 is 24.5. The second-order valence-electron chi connectivity index (χ2n) is 12.6. The molecule has 4 fully saturated rings. The molecule has 1 aliphatic heterocycles. The van der Waals surface area contributed by atoms with Crippen molar-refractivity contribution in [2.24, 2.45) is 34.5 Å². The zero-order valence-corrected chi connectivity index (χ0v) is 23.5. The van der Waals surface area contributed by atoms with Crippen LogP contribution in [0.2, 0.25) is 0 Å². The van der Waals surface area contributed by atoms with Gasteiger partial charge in [-0.1, -0.05) is 51.5 Å². The Labute approximate surface area is 223 Å². The van der Waals surface area contributed by atoms with Gasteiger partial charge in [-0.2, -0.15) is 0 Å². The first kappa shape index (κ1) is 26.7. The quantitative estimate of drug-likeness (QED) is 0.384. The number of esters is 1. The third-order valence-corrected chi connectivity index (χ3v) is 10.5. The fraction of sp³-hybridized carbons (Fsp3) is 0.719. The van der Waals surface area contributed by atoms with E-state index in [1.807, 2.05) is 19.1 Å². The summed E-state index contributed by atoms with van der Waals surface area (Å²) in [6.07, 6.45) is 12.2. The van der Waals surface area contributed by atoms with Gasteiger partial charge in [0.25, 0.3) is 0 Å². The Bertz CT molecular complexity index is 979. The van der Waals surface area contributed by atoms with E-state index in [-0.39, 0.29) is 28.8 Å². The Morgan fingerprint density at radius 2 is 1.73 bits per heavy atom. The molecule has 4 aliphatic rings. The Morgan fingerprint density at radius 3 is 2.41 bits per heavy atom. The number of carbonyl (C=O) groups is 1. The topological polar surface area (TPSA) is 54.0 Å². The summed E-state index contributed by atoms with van der Waals surface area (Å²) in [5.41, 5.74) is 1.15. The largest absolute Gasteiger partial charge is 0.494 e. The van der Waals surface area contributed by atoms with Crippen LogP contribution in [0.4, 0.5) is 0 Å². The SMILES string of the molecule is CCOc1ccc(/C=C/[C@H]2C[C@@H](C)CC[C@]2(C)C2CC[C@@]3(C)C(CCC34OCCO4)C2OC(C)=O)cc1. The summed E-state index contributed by atoms with van der Waals surface area (Å²) in [5.74, 6) is 1.96. The van der Waals surface area contributed by atoms with E-state index in [1.54, 1.807) is 6.92 Å². The summed E-state index contributed by atoms with van der Waals surface area (Å²) in [7, 11) is 0. The fourth-order valence-corrected chi connectivity index (χ4v) is 8.42. The van der Waals surface area contributed by atoms with E-state index in [0.29, 0.717) is 37.6 Å². The number of benzene rings is 1. The van der Waals surface area contributed by atoms with Crippen LogP contribution < -0.4 is 4.74 Å². The van der Waals surface area contributed by atoms with Crippen LogP contribution in [0, 0.1) is 34.5 Å². The van der Waals surface area contributed by atoms with Crippen molar-refractivity contribution in [2.75, 3.05) is 19.8 Å². The summed E-state index contributed by atoms with van der Waals surface area (Å²) in [6, 6.07) is 8.37. The molecule has 3 unspecified atom stereocenters. The third-order valence-electron chi connectivity index (χ3n) is 10.5. The lowest BCUT2D eigenvalue weighted by atomic mass is 9.51. The van der Waals surface area contributed by atoms with Gasteiger partial charge in [-0.25, -0.2) is 0 Å². The maximum absolute atomic E-state index is 12.5. The van der Waals surface area contributed by atoms with E-state index in [4.69, 9.17) is 18.9 Å². The first-order valence-corrected chi connectivity index (χ1v) is 14.6. The predicted molar refractivity (Wildman–Crippen MR) is 145 cm³/mol. The van der Waals surface area contributed by atoms with Crippen molar-refractivity contribution in [3.63, 3.8) is 0 Å². The molecular formula is C32H46O5. The zero-order valence-electron chi connectivity index (χ0n) is 23.5. The minimum absolute atomic E-state index is 0.0723. The van der Waals surface area contributed by atoms with Gasteiger partial charge < -0.3 is 18.9 Å². The highest BCUT2D eigenvalue weighted by Crippen LogP contribution is 2.65. The monoisotopic (exact) mass is 510 g/mol. The average Bonchev–Trinajstić information content (AvgIpc) is 3.46. The minimum Gasteiger partial charge on any atom is -0.494 e. The van der Waals surface area contributed by atoms with Gasteiger partial charge in [0, 0.05) is 30.6 Å². The van der Waals surface area contributed by atoms with Crippen LogP contribution in [0.5, 0.6) is 5.75 Å². The summed E-state index contributed by atoms with van der Waals surface area (Å²) >= 11 is 0. The number of carbonyl (C=O) groups excluding carboxylic acids is 1. The molecule has 0 aromatic heterocycles. The highest BCUT2D eigenvalue weighted by Gasteiger charge is 2.67. The molecule has 7 atom stereocenters. The predicted octanol–water partition coefficient (Wildman–Crippen LogP) is 7.04. The van der Waals surface area contributed by atoms with Crippen LogP contribution in [-0.4, -0.2) is 37.7 Å². The summed E-state index contributed by atoms with van der Waals surface area (Å²) in [5, 5.41) is 0. The number of ether oxygens (including phenoxy) is 4. The molecule has 5 heteroatoms. The molecule has 0 amide bonds. The smallest absolute Gasteiger partial charge is 0.302 e. The minimum atomic E-state index is -0.504.